The van der Waals surface area contributed by atoms with Crippen LogP contribution in [-0.2, 0) is 16.4 Å². The van der Waals surface area contributed by atoms with E-state index in [-0.39, 0.29) is 16.5 Å². The zero-order valence-corrected chi connectivity index (χ0v) is 15.6. The largest absolute Gasteiger partial charge is 0.495 e. The van der Waals surface area contributed by atoms with E-state index >= 15 is 0 Å². The highest BCUT2D eigenvalue weighted by atomic mass is 32.2. The Balaban J connectivity index is 2.03. The minimum Gasteiger partial charge on any atom is -0.495 e. The van der Waals surface area contributed by atoms with E-state index in [4.69, 9.17) is 14.0 Å². The number of ether oxygens (including phenoxy) is 2. The van der Waals surface area contributed by atoms with Gasteiger partial charge < -0.3 is 14.0 Å². The van der Waals surface area contributed by atoms with Gasteiger partial charge in [0.1, 0.15) is 10.6 Å². The summed E-state index contributed by atoms with van der Waals surface area (Å²) in [5, 5.41) is 4.38. The van der Waals surface area contributed by atoms with Gasteiger partial charge in [0.25, 0.3) is 10.0 Å². The van der Waals surface area contributed by atoms with Gasteiger partial charge in [-0.15, -0.1) is 0 Å². The Morgan fingerprint density at radius 3 is 2.65 bits per heavy atom. The first-order chi connectivity index (χ1) is 12.5. The molecule has 26 heavy (non-hydrogen) atoms. The Morgan fingerprint density at radius 1 is 1.15 bits per heavy atom. The van der Waals surface area contributed by atoms with Crippen molar-refractivity contribution in [3.05, 3.63) is 42.0 Å². The van der Waals surface area contributed by atoms with Crippen LogP contribution < -0.4 is 14.2 Å². The lowest BCUT2D eigenvalue weighted by atomic mass is 10.2. The topological polar surface area (TPSA) is 90.7 Å². The monoisotopic (exact) mass is 376 g/mol. The maximum absolute atomic E-state index is 12.9. The molecule has 3 aromatic rings. The van der Waals surface area contributed by atoms with Gasteiger partial charge in [0, 0.05) is 0 Å². The van der Waals surface area contributed by atoms with E-state index in [2.05, 4.69) is 9.88 Å². The highest BCUT2D eigenvalue weighted by molar-refractivity contribution is 7.92. The molecule has 0 aliphatic heterocycles. The lowest BCUT2D eigenvalue weighted by Crippen LogP contribution is -2.15. The number of aromatic nitrogens is 1. The number of rotatable bonds is 7. The second-order valence-corrected chi connectivity index (χ2v) is 7.19. The molecule has 1 N–H and O–H groups in total. The van der Waals surface area contributed by atoms with Crippen molar-refractivity contribution in [3.8, 4) is 11.5 Å². The van der Waals surface area contributed by atoms with Crippen molar-refractivity contribution in [2.24, 2.45) is 0 Å². The van der Waals surface area contributed by atoms with Gasteiger partial charge in [-0.2, -0.15) is 0 Å². The van der Waals surface area contributed by atoms with Gasteiger partial charge in [0.15, 0.2) is 11.6 Å². The van der Waals surface area contributed by atoms with Gasteiger partial charge >= 0.3 is 0 Å². The number of para-hydroxylation sites is 1. The van der Waals surface area contributed by atoms with Crippen molar-refractivity contribution in [3.63, 3.8) is 0 Å². The van der Waals surface area contributed by atoms with E-state index in [0.717, 1.165) is 5.56 Å². The number of hydrogen-bond acceptors (Lipinski definition) is 6. The summed E-state index contributed by atoms with van der Waals surface area (Å²) in [5.41, 5.74) is 1.27. The average molecular weight is 376 g/mol. The zero-order chi connectivity index (χ0) is 18.7. The zero-order valence-electron chi connectivity index (χ0n) is 14.8. The van der Waals surface area contributed by atoms with Crippen LogP contribution in [0.4, 0.5) is 5.82 Å². The molecular weight excluding hydrogens is 356 g/mol. The van der Waals surface area contributed by atoms with Crippen molar-refractivity contribution in [1.29, 1.82) is 0 Å². The minimum absolute atomic E-state index is 0.0523. The van der Waals surface area contributed by atoms with Gasteiger partial charge in [-0.25, -0.2) is 8.42 Å². The Bertz CT molecular complexity index is 1030. The Kier molecular flexibility index (Phi) is 5.03. The predicted octanol–water partition coefficient (Wildman–Crippen LogP) is 3.60. The summed E-state index contributed by atoms with van der Waals surface area (Å²) >= 11 is 0. The molecule has 0 spiro atoms. The van der Waals surface area contributed by atoms with Gasteiger partial charge in [-0.3, -0.25) is 4.72 Å². The lowest BCUT2D eigenvalue weighted by Gasteiger charge is -2.11. The Morgan fingerprint density at radius 2 is 1.96 bits per heavy atom. The van der Waals surface area contributed by atoms with Crippen molar-refractivity contribution < 1.29 is 22.4 Å². The van der Waals surface area contributed by atoms with E-state index < -0.39 is 10.0 Å². The standard InChI is InChI=1S/C18H20N2O5S/c1-4-12-9-10-14(23-3)16(11-12)26(21,22)20-18-13-7-6-8-15(24-5-2)17(13)25-19-18/h6-11H,4-5H2,1-3H3,(H,19,20). The number of nitrogens with zero attached hydrogens (tertiary/aromatic N) is 1. The van der Waals surface area contributed by atoms with Crippen LogP contribution >= 0.6 is 0 Å². The third-order valence-electron chi connectivity index (χ3n) is 3.92. The van der Waals surface area contributed by atoms with E-state index in [9.17, 15) is 8.42 Å². The van der Waals surface area contributed by atoms with E-state index in [1.807, 2.05) is 19.9 Å². The molecule has 3 rings (SSSR count). The number of nitrogens with one attached hydrogen (secondary N) is 1. The van der Waals surface area contributed by atoms with Crippen LogP contribution in [0.25, 0.3) is 11.0 Å². The molecule has 138 valence electrons. The Labute approximate surface area is 151 Å². The van der Waals surface area contributed by atoms with Crippen LogP contribution in [0.2, 0.25) is 0 Å². The summed E-state index contributed by atoms with van der Waals surface area (Å²) in [6.07, 6.45) is 0.705. The van der Waals surface area contributed by atoms with Crippen LogP contribution in [0.5, 0.6) is 11.5 Å². The van der Waals surface area contributed by atoms with E-state index in [0.29, 0.717) is 29.7 Å². The molecule has 1 heterocycles. The minimum atomic E-state index is -3.91. The van der Waals surface area contributed by atoms with Crippen molar-refractivity contribution in [1.82, 2.24) is 5.16 Å². The summed E-state index contributed by atoms with van der Waals surface area (Å²) in [6.45, 7) is 4.26. The second-order valence-electron chi connectivity index (χ2n) is 5.54. The van der Waals surface area contributed by atoms with E-state index in [1.165, 1.54) is 7.11 Å². The molecule has 0 saturated carbocycles. The number of benzene rings is 2. The molecule has 0 bridgehead atoms. The molecule has 0 unspecified atom stereocenters. The predicted molar refractivity (Wildman–Crippen MR) is 98.4 cm³/mol. The van der Waals surface area contributed by atoms with Gasteiger partial charge in [-0.05, 0) is 43.2 Å². The first kappa shape index (κ1) is 18.1. The van der Waals surface area contributed by atoms with Crippen LogP contribution in [0.15, 0.2) is 45.8 Å². The summed E-state index contributed by atoms with van der Waals surface area (Å²) in [7, 11) is -2.48. The third kappa shape index (κ3) is 3.32. The third-order valence-corrected chi connectivity index (χ3v) is 5.28. The molecule has 2 aromatic carbocycles. The summed E-state index contributed by atoms with van der Waals surface area (Å²) < 4.78 is 44.3. The normalized spacial score (nSPS) is 11.5. The molecule has 0 aliphatic rings. The number of methoxy groups -OCH3 is 1. The second kappa shape index (κ2) is 7.25. The van der Waals surface area contributed by atoms with E-state index in [1.54, 1.807) is 30.3 Å². The molecule has 0 radical (unpaired) electrons. The van der Waals surface area contributed by atoms with Gasteiger partial charge in [-0.1, -0.05) is 24.2 Å². The molecule has 8 heteroatoms. The van der Waals surface area contributed by atoms with Crippen LogP contribution in [0, 0.1) is 0 Å². The maximum Gasteiger partial charge on any atom is 0.266 e. The fourth-order valence-corrected chi connectivity index (χ4v) is 3.85. The van der Waals surface area contributed by atoms with Crippen molar-refractivity contribution in [2.75, 3.05) is 18.4 Å². The molecule has 1 aromatic heterocycles. The van der Waals surface area contributed by atoms with Crippen LogP contribution in [-0.4, -0.2) is 27.3 Å². The average Bonchev–Trinajstić information content (AvgIpc) is 3.04. The maximum atomic E-state index is 12.9. The molecule has 7 nitrogen and oxygen atoms in total. The summed E-state index contributed by atoms with van der Waals surface area (Å²) in [4.78, 5) is 0.0523. The number of anilines is 1. The first-order valence-electron chi connectivity index (χ1n) is 8.21. The van der Waals surface area contributed by atoms with Crippen LogP contribution in [0.1, 0.15) is 19.4 Å². The first-order valence-corrected chi connectivity index (χ1v) is 9.69. The number of fused-ring (bicyclic) bond motifs is 1. The molecule has 0 amide bonds. The molecule has 0 aliphatic carbocycles. The van der Waals surface area contributed by atoms with Gasteiger partial charge in [0.05, 0.1) is 19.1 Å². The number of aryl methyl sites for hydroxylation is 1. The highest BCUT2D eigenvalue weighted by Crippen LogP contribution is 2.33. The Hall–Kier alpha value is -2.74. The smallest absolute Gasteiger partial charge is 0.266 e. The van der Waals surface area contributed by atoms with Crippen molar-refractivity contribution in [2.45, 2.75) is 25.2 Å². The fourth-order valence-electron chi connectivity index (χ4n) is 2.61. The molecule has 0 saturated heterocycles. The highest BCUT2D eigenvalue weighted by Gasteiger charge is 2.23. The number of sulfonamides is 1. The van der Waals surface area contributed by atoms with Crippen LogP contribution in [0.3, 0.4) is 0 Å². The molecule has 0 fully saturated rings. The molecule has 0 atom stereocenters. The summed E-state index contributed by atoms with van der Waals surface area (Å²) in [5.74, 6) is 0.872. The van der Waals surface area contributed by atoms with Crippen molar-refractivity contribution >= 4 is 26.8 Å². The summed E-state index contributed by atoms with van der Waals surface area (Å²) in [6, 6.07) is 10.3. The lowest BCUT2D eigenvalue weighted by molar-refractivity contribution is 0.333. The molecular formula is C18H20N2O5S. The SMILES string of the molecule is CCOc1cccc2c(NS(=O)(=O)c3cc(CC)ccc3OC)noc12. The number of hydrogen-bond donors (Lipinski definition) is 1. The van der Waals surface area contributed by atoms with Gasteiger partial charge in [0.2, 0.25) is 5.58 Å². The fraction of sp³-hybridized carbons (Fsp3) is 0.278. The quantitative estimate of drug-likeness (QED) is 0.677.